The van der Waals surface area contributed by atoms with Crippen molar-refractivity contribution >= 4 is 44.5 Å². The highest BCUT2D eigenvalue weighted by molar-refractivity contribution is 14.1. The molecule has 0 spiro atoms. The summed E-state index contributed by atoms with van der Waals surface area (Å²) in [6, 6.07) is 0. The summed E-state index contributed by atoms with van der Waals surface area (Å²) in [5.74, 6) is -0.206. The first-order valence-corrected chi connectivity index (χ1v) is 6.11. The number of halogens is 2. The zero-order chi connectivity index (χ0) is 9.84. The van der Waals surface area contributed by atoms with Gasteiger partial charge in [-0.25, -0.2) is 4.79 Å². The Labute approximate surface area is 99.7 Å². The van der Waals surface area contributed by atoms with Gasteiger partial charge in [0.25, 0.3) is 0 Å². The number of ether oxygens (including phenoxy) is 1. The van der Waals surface area contributed by atoms with Crippen molar-refractivity contribution in [2.75, 3.05) is 12.4 Å². The Kier molecular flexibility index (Phi) is 4.45. The molecule has 13 heavy (non-hydrogen) atoms. The van der Waals surface area contributed by atoms with Crippen LogP contribution in [0.3, 0.4) is 0 Å². The molecule has 1 aliphatic rings. The van der Waals surface area contributed by atoms with E-state index in [9.17, 15) is 4.79 Å². The van der Waals surface area contributed by atoms with E-state index >= 15 is 0 Å². The van der Waals surface area contributed by atoms with Crippen LogP contribution in [0.25, 0.3) is 0 Å². The third kappa shape index (κ3) is 2.80. The Hall–Kier alpha value is 0.160. The molecule has 0 unspecified atom stereocenters. The number of methoxy groups -OCH3 is 1. The van der Waals surface area contributed by atoms with Crippen LogP contribution >= 0.6 is 38.5 Å². The first-order valence-electron chi connectivity index (χ1n) is 3.91. The van der Waals surface area contributed by atoms with Crippen molar-refractivity contribution in [1.29, 1.82) is 0 Å². The largest absolute Gasteiger partial charge is 0.466 e. The highest BCUT2D eigenvalue weighted by Crippen LogP contribution is 2.29. The summed E-state index contributed by atoms with van der Waals surface area (Å²) in [7, 11) is 1.42. The average molecular weight is 357 g/mol. The second kappa shape index (κ2) is 5.14. The number of carbonyl (C=O) groups excluding carboxylic acids is 1. The molecule has 0 saturated carbocycles. The predicted octanol–water partition coefficient (Wildman–Crippen LogP) is 2.96. The number of esters is 1. The lowest BCUT2D eigenvalue weighted by Gasteiger charge is -2.13. The highest BCUT2D eigenvalue weighted by Gasteiger charge is 2.16. The molecule has 0 radical (unpaired) electrons. The quantitative estimate of drug-likeness (QED) is 0.432. The second-order valence-corrected chi connectivity index (χ2v) is 4.47. The van der Waals surface area contributed by atoms with Gasteiger partial charge in [-0.15, -0.1) is 0 Å². The average Bonchev–Trinajstić information content (AvgIpc) is 2.16. The summed E-state index contributed by atoms with van der Waals surface area (Å²) >= 11 is 5.67. The number of allylic oxidation sites excluding steroid dienone is 3. The van der Waals surface area contributed by atoms with Gasteiger partial charge in [0.1, 0.15) is 0 Å². The monoisotopic (exact) mass is 356 g/mol. The van der Waals surface area contributed by atoms with Crippen molar-refractivity contribution in [2.24, 2.45) is 0 Å². The van der Waals surface area contributed by atoms with E-state index in [1.54, 1.807) is 0 Å². The minimum Gasteiger partial charge on any atom is -0.466 e. The molecule has 1 aliphatic carbocycles. The van der Waals surface area contributed by atoms with E-state index in [4.69, 9.17) is 0 Å². The van der Waals surface area contributed by atoms with Crippen molar-refractivity contribution in [3.63, 3.8) is 0 Å². The zero-order valence-corrected chi connectivity index (χ0v) is 11.0. The maximum atomic E-state index is 11.2. The molecule has 0 bridgehead atoms. The van der Waals surface area contributed by atoms with Crippen LogP contribution in [-0.4, -0.2) is 18.4 Å². The Morgan fingerprint density at radius 2 is 2.38 bits per heavy atom. The van der Waals surface area contributed by atoms with Crippen LogP contribution in [0, 0.1) is 0 Å². The topological polar surface area (TPSA) is 26.3 Å². The van der Waals surface area contributed by atoms with Gasteiger partial charge < -0.3 is 4.74 Å². The normalized spacial score (nSPS) is 17.0. The molecule has 0 saturated heterocycles. The fourth-order valence-electron chi connectivity index (χ4n) is 1.15. The Balaban J connectivity index is 2.83. The number of carbonyl (C=O) groups is 1. The molecule has 1 rings (SSSR count). The fraction of sp³-hybridized carbons (Fsp3) is 0.444. The summed E-state index contributed by atoms with van der Waals surface area (Å²) in [5.41, 5.74) is 2.13. The maximum Gasteiger partial charge on any atom is 0.333 e. The lowest BCUT2D eigenvalue weighted by Crippen LogP contribution is -2.08. The molecule has 0 heterocycles. The predicted molar refractivity (Wildman–Crippen MR) is 64.2 cm³/mol. The number of hydrogen-bond acceptors (Lipinski definition) is 2. The molecule has 0 atom stereocenters. The molecule has 0 aliphatic heterocycles. The molecular formula is C9H10BrIO2. The van der Waals surface area contributed by atoms with E-state index in [1.807, 2.05) is 6.08 Å². The minimum absolute atomic E-state index is 0.206. The van der Waals surface area contributed by atoms with Crippen molar-refractivity contribution in [3.8, 4) is 0 Å². The highest BCUT2D eigenvalue weighted by atomic mass is 127. The lowest BCUT2D eigenvalue weighted by atomic mass is 10.00. The summed E-state index contributed by atoms with van der Waals surface area (Å²) in [6.07, 6.45) is 3.65. The summed E-state index contributed by atoms with van der Waals surface area (Å²) < 4.78 is 5.82. The molecule has 0 amide bonds. The molecule has 0 fully saturated rings. The van der Waals surface area contributed by atoms with Crippen LogP contribution < -0.4 is 0 Å². The fourth-order valence-corrected chi connectivity index (χ4v) is 3.10. The first-order chi connectivity index (χ1) is 6.19. The van der Waals surface area contributed by atoms with E-state index in [0.717, 1.165) is 27.3 Å². The van der Waals surface area contributed by atoms with Crippen LogP contribution in [0.1, 0.15) is 12.8 Å². The molecule has 0 aromatic carbocycles. The molecule has 4 heteroatoms. The van der Waals surface area contributed by atoms with Gasteiger partial charge in [0.15, 0.2) is 0 Å². The van der Waals surface area contributed by atoms with Gasteiger partial charge in [0, 0.05) is 14.5 Å². The zero-order valence-electron chi connectivity index (χ0n) is 7.27. The minimum atomic E-state index is -0.206. The van der Waals surface area contributed by atoms with E-state index in [0.29, 0.717) is 0 Å². The Morgan fingerprint density at radius 3 is 2.85 bits per heavy atom. The van der Waals surface area contributed by atoms with Gasteiger partial charge in [-0.2, -0.15) is 0 Å². The lowest BCUT2D eigenvalue weighted by molar-refractivity contribution is -0.136. The third-order valence-corrected chi connectivity index (χ3v) is 3.69. The number of alkyl halides is 1. The van der Waals surface area contributed by atoms with Crippen molar-refractivity contribution < 1.29 is 9.53 Å². The van der Waals surface area contributed by atoms with Crippen LogP contribution in [0.15, 0.2) is 20.8 Å². The van der Waals surface area contributed by atoms with Crippen LogP contribution in [0.2, 0.25) is 0 Å². The summed E-state index contributed by atoms with van der Waals surface area (Å²) in [5, 5.41) is 0.885. The Morgan fingerprint density at radius 1 is 1.69 bits per heavy atom. The van der Waals surface area contributed by atoms with Gasteiger partial charge in [-0.1, -0.05) is 15.9 Å². The van der Waals surface area contributed by atoms with Crippen LogP contribution in [-0.2, 0) is 9.53 Å². The third-order valence-electron chi connectivity index (χ3n) is 1.94. The van der Waals surface area contributed by atoms with Gasteiger partial charge >= 0.3 is 5.97 Å². The molecule has 0 aromatic heterocycles. The first kappa shape index (κ1) is 11.2. The SMILES string of the molecule is COC(=O)C1=CC(I)=C(CBr)CC1. The van der Waals surface area contributed by atoms with E-state index < -0.39 is 0 Å². The Bertz CT molecular complexity index is 281. The number of hydrogen-bond donors (Lipinski definition) is 0. The molecule has 72 valence electrons. The van der Waals surface area contributed by atoms with Crippen molar-refractivity contribution in [1.82, 2.24) is 0 Å². The van der Waals surface area contributed by atoms with Crippen LogP contribution in [0.5, 0.6) is 0 Å². The molecule has 0 aromatic rings. The van der Waals surface area contributed by atoms with Crippen molar-refractivity contribution in [2.45, 2.75) is 12.8 Å². The standard InChI is InChI=1S/C9H10BrIO2/c1-13-9(12)6-2-3-7(5-10)8(11)4-6/h4H,2-3,5H2,1H3. The van der Waals surface area contributed by atoms with E-state index in [2.05, 4.69) is 43.3 Å². The van der Waals surface area contributed by atoms with Crippen LogP contribution in [0.4, 0.5) is 0 Å². The van der Waals surface area contributed by atoms with Gasteiger partial charge in [-0.05, 0) is 47.1 Å². The van der Waals surface area contributed by atoms with E-state index in [-0.39, 0.29) is 5.97 Å². The van der Waals surface area contributed by atoms with Crippen molar-refractivity contribution in [3.05, 3.63) is 20.8 Å². The molecular weight excluding hydrogens is 347 g/mol. The smallest absolute Gasteiger partial charge is 0.333 e. The van der Waals surface area contributed by atoms with E-state index in [1.165, 1.54) is 12.7 Å². The molecule has 0 N–H and O–H groups in total. The maximum absolute atomic E-state index is 11.2. The van der Waals surface area contributed by atoms with Gasteiger partial charge in [0.2, 0.25) is 0 Å². The van der Waals surface area contributed by atoms with Gasteiger partial charge in [0.05, 0.1) is 7.11 Å². The second-order valence-electron chi connectivity index (χ2n) is 2.75. The number of rotatable bonds is 2. The summed E-state index contributed by atoms with van der Waals surface area (Å²) in [6.45, 7) is 0. The van der Waals surface area contributed by atoms with Gasteiger partial charge in [-0.3, -0.25) is 0 Å². The summed E-state index contributed by atoms with van der Waals surface area (Å²) in [4.78, 5) is 11.2. The molecule has 2 nitrogen and oxygen atoms in total.